The molecule has 0 spiro atoms. The first-order valence-electron chi connectivity index (χ1n) is 8.83. The summed E-state index contributed by atoms with van der Waals surface area (Å²) in [5.41, 5.74) is 3.57. The van der Waals surface area contributed by atoms with Crippen LogP contribution in [0.4, 0.5) is 0 Å². The zero-order chi connectivity index (χ0) is 18.1. The Hall–Kier alpha value is -2.41. The van der Waals surface area contributed by atoms with Gasteiger partial charge in [0.05, 0.1) is 30.1 Å². The smallest absolute Gasteiger partial charge is 0.228 e. The molecular formula is C19H21N3O3S. The lowest BCUT2D eigenvalue weighted by atomic mass is 9.94. The van der Waals surface area contributed by atoms with E-state index < -0.39 is 0 Å². The number of carbonyl (C=O) groups excluding carboxylic acids is 2. The zero-order valence-corrected chi connectivity index (χ0v) is 15.2. The van der Waals surface area contributed by atoms with Crippen molar-refractivity contribution in [3.05, 3.63) is 46.4 Å². The molecule has 5 rings (SSSR count). The highest BCUT2D eigenvalue weighted by Crippen LogP contribution is 2.30. The third kappa shape index (κ3) is 3.44. The number of hydrogen-bond donors (Lipinski definition) is 1. The van der Waals surface area contributed by atoms with Gasteiger partial charge in [0.15, 0.2) is 0 Å². The minimum atomic E-state index is -0.115. The molecule has 2 unspecified atom stereocenters. The average molecular weight is 371 g/mol. The topological polar surface area (TPSA) is 73.7 Å². The Bertz CT molecular complexity index is 791. The molecule has 2 atom stereocenters. The van der Waals surface area contributed by atoms with E-state index >= 15 is 0 Å². The van der Waals surface area contributed by atoms with Crippen molar-refractivity contribution in [2.24, 2.45) is 5.92 Å². The van der Waals surface area contributed by atoms with E-state index in [0.717, 1.165) is 24.1 Å². The van der Waals surface area contributed by atoms with Gasteiger partial charge >= 0.3 is 0 Å². The van der Waals surface area contributed by atoms with Crippen LogP contribution in [0.25, 0.3) is 0 Å². The van der Waals surface area contributed by atoms with E-state index in [-0.39, 0.29) is 29.5 Å². The molecule has 2 bridgehead atoms. The fourth-order valence-corrected chi connectivity index (χ4v) is 4.39. The van der Waals surface area contributed by atoms with Gasteiger partial charge in [-0.2, -0.15) is 0 Å². The highest BCUT2D eigenvalue weighted by atomic mass is 32.1. The number of rotatable bonds is 4. The number of thiazole rings is 1. The minimum absolute atomic E-state index is 0.0379. The maximum absolute atomic E-state index is 12.8. The van der Waals surface area contributed by atoms with Crippen LogP contribution in [0.3, 0.4) is 0 Å². The van der Waals surface area contributed by atoms with Gasteiger partial charge in [-0.05, 0) is 30.5 Å². The number of fused-ring (bicyclic) bond motifs is 4. The van der Waals surface area contributed by atoms with E-state index in [1.165, 1.54) is 11.3 Å². The summed E-state index contributed by atoms with van der Waals surface area (Å²) in [7, 11) is 0. The number of aromatic hydroxyl groups is 1. The summed E-state index contributed by atoms with van der Waals surface area (Å²) in [4.78, 5) is 33.7. The Kier molecular flexibility index (Phi) is 4.63. The van der Waals surface area contributed by atoms with Crippen LogP contribution in [0.2, 0.25) is 0 Å². The van der Waals surface area contributed by atoms with Crippen molar-refractivity contribution in [2.75, 3.05) is 13.1 Å². The lowest BCUT2D eigenvalue weighted by molar-refractivity contribution is -0.140. The van der Waals surface area contributed by atoms with Crippen molar-refractivity contribution < 1.29 is 14.7 Å². The normalized spacial score (nSPS) is 22.5. The molecule has 0 aliphatic carbocycles. The van der Waals surface area contributed by atoms with E-state index in [2.05, 4.69) is 4.98 Å². The Balaban J connectivity index is 1.47. The number of hydrogen-bond acceptors (Lipinski definition) is 5. The predicted molar refractivity (Wildman–Crippen MR) is 97.6 cm³/mol. The van der Waals surface area contributed by atoms with Gasteiger partial charge in [0.25, 0.3) is 0 Å². The Morgan fingerprint density at radius 2 is 2.04 bits per heavy atom. The number of nitrogens with zero attached hydrogens (tertiary/aromatic N) is 3. The van der Waals surface area contributed by atoms with Gasteiger partial charge in [0.2, 0.25) is 11.8 Å². The third-order valence-corrected chi connectivity index (χ3v) is 5.89. The summed E-state index contributed by atoms with van der Waals surface area (Å²) in [5, 5.41) is 11.3. The van der Waals surface area contributed by atoms with Gasteiger partial charge in [-0.15, -0.1) is 11.3 Å². The monoisotopic (exact) mass is 371 g/mol. The molecule has 3 saturated heterocycles. The number of benzene rings is 1. The standard InChI is InChI=1S/C19H21N3O3S/c23-17-5-1-13(2-6-17)7-18(24)21-8-14-3-4-16(10-21)22(19(14)25)9-15-11-26-12-20-15/h1-2,5-6,11-12,14,16,23H,3-4,7-10H2. The number of amides is 2. The molecule has 1 aromatic carbocycles. The van der Waals surface area contributed by atoms with Gasteiger partial charge in [0, 0.05) is 24.5 Å². The number of phenols is 1. The summed E-state index contributed by atoms with van der Waals surface area (Å²) in [5.74, 6) is 0.263. The Labute approximate surface area is 156 Å². The second-order valence-corrected chi connectivity index (χ2v) is 7.73. The summed E-state index contributed by atoms with van der Waals surface area (Å²) in [6.45, 7) is 1.62. The van der Waals surface area contributed by atoms with Gasteiger partial charge in [-0.3, -0.25) is 9.59 Å². The molecule has 3 aliphatic rings. The van der Waals surface area contributed by atoms with E-state index in [9.17, 15) is 14.7 Å². The molecule has 3 fully saturated rings. The number of carbonyl (C=O) groups is 2. The molecule has 26 heavy (non-hydrogen) atoms. The first-order valence-corrected chi connectivity index (χ1v) is 9.77. The third-order valence-electron chi connectivity index (χ3n) is 5.25. The molecule has 0 radical (unpaired) electrons. The molecule has 0 saturated carbocycles. The minimum Gasteiger partial charge on any atom is -0.508 e. The maximum Gasteiger partial charge on any atom is 0.228 e. The van der Waals surface area contributed by atoms with E-state index in [1.807, 2.05) is 15.2 Å². The number of aromatic nitrogens is 1. The number of piperidine rings is 1. The van der Waals surface area contributed by atoms with Crippen molar-refractivity contribution >= 4 is 23.2 Å². The lowest BCUT2D eigenvalue weighted by Crippen LogP contribution is -2.47. The Morgan fingerprint density at radius 1 is 1.23 bits per heavy atom. The highest BCUT2D eigenvalue weighted by molar-refractivity contribution is 7.07. The van der Waals surface area contributed by atoms with Gasteiger partial charge in [-0.25, -0.2) is 4.98 Å². The van der Waals surface area contributed by atoms with Crippen LogP contribution in [0.15, 0.2) is 35.2 Å². The zero-order valence-electron chi connectivity index (χ0n) is 14.4. The predicted octanol–water partition coefficient (Wildman–Crippen LogP) is 2.04. The summed E-state index contributed by atoms with van der Waals surface area (Å²) >= 11 is 1.53. The lowest BCUT2D eigenvalue weighted by Gasteiger charge is -2.35. The molecular weight excluding hydrogens is 350 g/mol. The summed E-state index contributed by atoms with van der Waals surface area (Å²) in [6.07, 6.45) is 2.07. The van der Waals surface area contributed by atoms with Crippen LogP contribution in [-0.2, 0) is 22.6 Å². The second kappa shape index (κ2) is 7.07. The molecule has 3 aliphatic heterocycles. The van der Waals surface area contributed by atoms with E-state index in [1.54, 1.807) is 29.8 Å². The van der Waals surface area contributed by atoms with Gasteiger partial charge < -0.3 is 14.9 Å². The van der Waals surface area contributed by atoms with Crippen LogP contribution < -0.4 is 0 Å². The Morgan fingerprint density at radius 3 is 2.77 bits per heavy atom. The SMILES string of the molecule is O=C(Cc1ccc(O)cc1)N1CC2CCC(C1)N(Cc1cscn1)C2=O. The summed E-state index contributed by atoms with van der Waals surface area (Å²) < 4.78 is 0. The van der Waals surface area contributed by atoms with Crippen molar-refractivity contribution in [2.45, 2.75) is 31.8 Å². The van der Waals surface area contributed by atoms with Crippen LogP contribution in [-0.4, -0.2) is 50.8 Å². The molecule has 1 aromatic heterocycles. The van der Waals surface area contributed by atoms with Gasteiger partial charge in [-0.1, -0.05) is 12.1 Å². The molecule has 4 heterocycles. The van der Waals surface area contributed by atoms with Crippen molar-refractivity contribution in [3.63, 3.8) is 0 Å². The second-order valence-electron chi connectivity index (χ2n) is 7.02. The van der Waals surface area contributed by atoms with Crippen LogP contribution in [0, 0.1) is 5.92 Å². The van der Waals surface area contributed by atoms with Crippen LogP contribution >= 0.6 is 11.3 Å². The van der Waals surface area contributed by atoms with Crippen molar-refractivity contribution in [3.8, 4) is 5.75 Å². The molecule has 1 N–H and O–H groups in total. The molecule has 7 heteroatoms. The summed E-state index contributed by atoms with van der Waals surface area (Å²) in [6, 6.07) is 6.77. The number of phenolic OH excluding ortho intramolecular Hbond substituents is 1. The van der Waals surface area contributed by atoms with Crippen molar-refractivity contribution in [1.29, 1.82) is 0 Å². The van der Waals surface area contributed by atoms with Crippen LogP contribution in [0.5, 0.6) is 5.75 Å². The van der Waals surface area contributed by atoms with Crippen LogP contribution in [0.1, 0.15) is 24.1 Å². The fourth-order valence-electron chi connectivity index (χ4n) is 3.84. The quantitative estimate of drug-likeness (QED) is 0.893. The average Bonchev–Trinajstić information content (AvgIpc) is 2.99. The fraction of sp³-hybridized carbons (Fsp3) is 0.421. The molecule has 2 amide bonds. The van der Waals surface area contributed by atoms with E-state index in [4.69, 9.17) is 0 Å². The molecule has 2 aromatic rings. The largest absolute Gasteiger partial charge is 0.508 e. The first kappa shape index (κ1) is 17.0. The van der Waals surface area contributed by atoms with Crippen molar-refractivity contribution in [1.82, 2.24) is 14.8 Å². The molecule has 6 nitrogen and oxygen atoms in total. The molecule has 136 valence electrons. The van der Waals surface area contributed by atoms with E-state index in [0.29, 0.717) is 26.1 Å². The highest BCUT2D eigenvalue weighted by Gasteiger charge is 2.41. The van der Waals surface area contributed by atoms with Gasteiger partial charge in [0.1, 0.15) is 5.75 Å². The first-order chi connectivity index (χ1) is 12.6. The maximum atomic E-state index is 12.8.